The number of aromatic nitrogens is 2. The highest BCUT2D eigenvalue weighted by Crippen LogP contribution is 2.50. The Kier molecular flexibility index (Phi) is 3.06. The number of hydrogen-bond donors (Lipinski definition) is 1. The van der Waals surface area contributed by atoms with Crippen LogP contribution in [0, 0.1) is 11.3 Å². The van der Waals surface area contributed by atoms with E-state index >= 15 is 0 Å². The lowest BCUT2D eigenvalue weighted by atomic mass is 10.1. The normalized spacial score (nSPS) is 22.4. The second-order valence-electron chi connectivity index (χ2n) is 5.62. The van der Waals surface area contributed by atoms with Crippen molar-refractivity contribution in [2.75, 3.05) is 6.54 Å². The second-order valence-corrected chi connectivity index (χ2v) is 5.62. The molecule has 3 heteroatoms. The molecule has 1 unspecified atom stereocenters. The summed E-state index contributed by atoms with van der Waals surface area (Å²) in [6, 6.07) is 2.20. The van der Waals surface area contributed by atoms with Gasteiger partial charge in [-0.25, -0.2) is 0 Å². The van der Waals surface area contributed by atoms with E-state index in [0.29, 0.717) is 5.41 Å². The zero-order valence-corrected chi connectivity index (χ0v) is 10.9. The third-order valence-corrected chi connectivity index (χ3v) is 3.80. The summed E-state index contributed by atoms with van der Waals surface area (Å²) in [5.41, 5.74) is 3.05. The van der Waals surface area contributed by atoms with E-state index in [4.69, 9.17) is 0 Å². The molecule has 0 aliphatic heterocycles. The number of rotatable bonds is 5. The molecule has 1 aliphatic rings. The monoisotopic (exact) mass is 221 g/mol. The topological polar surface area (TPSA) is 29.9 Å². The number of nitrogens with one attached hydrogen (secondary N) is 1. The van der Waals surface area contributed by atoms with Gasteiger partial charge in [0.15, 0.2) is 0 Å². The molecule has 1 N–H and O–H groups in total. The predicted molar refractivity (Wildman–Crippen MR) is 66.2 cm³/mol. The van der Waals surface area contributed by atoms with Gasteiger partial charge in [-0.3, -0.25) is 4.68 Å². The minimum absolute atomic E-state index is 0.577. The van der Waals surface area contributed by atoms with Crippen molar-refractivity contribution in [3.05, 3.63) is 17.5 Å². The van der Waals surface area contributed by atoms with Crippen LogP contribution in [0.3, 0.4) is 0 Å². The molecular weight excluding hydrogens is 198 g/mol. The van der Waals surface area contributed by atoms with Crippen molar-refractivity contribution >= 4 is 0 Å². The predicted octanol–water partition coefficient (Wildman–Crippen LogP) is 2.12. The smallest absolute Gasteiger partial charge is 0.0625 e. The molecule has 0 amide bonds. The summed E-state index contributed by atoms with van der Waals surface area (Å²) in [7, 11) is 2.03. The molecule has 0 bridgehead atoms. The zero-order chi connectivity index (χ0) is 11.8. The van der Waals surface area contributed by atoms with Gasteiger partial charge in [0.25, 0.3) is 0 Å². The van der Waals surface area contributed by atoms with E-state index in [2.05, 4.69) is 37.3 Å². The molecule has 2 rings (SSSR count). The van der Waals surface area contributed by atoms with Crippen molar-refractivity contribution in [3.63, 3.8) is 0 Å². The second kappa shape index (κ2) is 4.21. The lowest BCUT2D eigenvalue weighted by Crippen LogP contribution is -2.19. The van der Waals surface area contributed by atoms with Crippen LogP contribution in [0.2, 0.25) is 0 Å². The fourth-order valence-corrected chi connectivity index (χ4v) is 2.21. The summed E-state index contributed by atoms with van der Waals surface area (Å²) < 4.78 is 1.99. The summed E-state index contributed by atoms with van der Waals surface area (Å²) in [5, 5.41) is 7.98. The first-order chi connectivity index (χ1) is 7.53. The van der Waals surface area contributed by atoms with Gasteiger partial charge >= 0.3 is 0 Å². The van der Waals surface area contributed by atoms with Crippen molar-refractivity contribution in [1.82, 2.24) is 15.1 Å². The Morgan fingerprint density at radius 3 is 2.75 bits per heavy atom. The van der Waals surface area contributed by atoms with Crippen LogP contribution in [0.15, 0.2) is 6.07 Å². The minimum Gasteiger partial charge on any atom is -0.311 e. The van der Waals surface area contributed by atoms with Gasteiger partial charge in [-0.05, 0) is 36.8 Å². The zero-order valence-electron chi connectivity index (χ0n) is 10.9. The lowest BCUT2D eigenvalue weighted by Gasteiger charge is -2.06. The highest BCUT2D eigenvalue weighted by Gasteiger charge is 2.44. The van der Waals surface area contributed by atoms with E-state index in [9.17, 15) is 0 Å². The standard InChI is InChI=1S/C13H23N3/c1-5-11-6-12(16(4)15-11)9-14-8-10-7-13(10,2)3/h6,10,14H,5,7-9H2,1-4H3. The summed E-state index contributed by atoms with van der Waals surface area (Å²) >= 11 is 0. The Bertz CT molecular complexity index is 365. The summed E-state index contributed by atoms with van der Waals surface area (Å²) in [6.07, 6.45) is 2.38. The van der Waals surface area contributed by atoms with Crippen LogP contribution in [-0.4, -0.2) is 16.3 Å². The highest BCUT2D eigenvalue weighted by atomic mass is 15.3. The maximum Gasteiger partial charge on any atom is 0.0625 e. The first-order valence-corrected chi connectivity index (χ1v) is 6.25. The van der Waals surface area contributed by atoms with Gasteiger partial charge < -0.3 is 5.32 Å². The van der Waals surface area contributed by atoms with E-state index < -0.39 is 0 Å². The van der Waals surface area contributed by atoms with Gasteiger partial charge in [0.1, 0.15) is 0 Å². The molecule has 1 heterocycles. The van der Waals surface area contributed by atoms with Gasteiger partial charge in [-0.15, -0.1) is 0 Å². The van der Waals surface area contributed by atoms with E-state index in [1.807, 2.05) is 11.7 Å². The quantitative estimate of drug-likeness (QED) is 0.825. The largest absolute Gasteiger partial charge is 0.311 e. The summed E-state index contributed by atoms with van der Waals surface area (Å²) in [4.78, 5) is 0. The molecule has 0 aromatic carbocycles. The minimum atomic E-state index is 0.577. The van der Waals surface area contributed by atoms with Crippen LogP contribution < -0.4 is 5.32 Å². The lowest BCUT2D eigenvalue weighted by molar-refractivity contribution is 0.512. The van der Waals surface area contributed by atoms with Crippen molar-refractivity contribution in [2.24, 2.45) is 18.4 Å². The molecule has 0 saturated heterocycles. The Labute approximate surface area is 98.2 Å². The van der Waals surface area contributed by atoms with Crippen LogP contribution in [-0.2, 0) is 20.0 Å². The van der Waals surface area contributed by atoms with Crippen molar-refractivity contribution in [2.45, 2.75) is 40.2 Å². The van der Waals surface area contributed by atoms with Crippen LogP contribution >= 0.6 is 0 Å². The number of aryl methyl sites for hydroxylation is 2. The van der Waals surface area contributed by atoms with Crippen molar-refractivity contribution in [3.8, 4) is 0 Å². The molecule has 0 spiro atoms. The van der Waals surface area contributed by atoms with Crippen molar-refractivity contribution in [1.29, 1.82) is 0 Å². The highest BCUT2D eigenvalue weighted by molar-refractivity contribution is 5.10. The van der Waals surface area contributed by atoms with Crippen molar-refractivity contribution < 1.29 is 0 Å². The summed E-state index contributed by atoms with van der Waals surface area (Å²) in [6.45, 7) is 8.92. The van der Waals surface area contributed by atoms with Gasteiger partial charge in [-0.1, -0.05) is 20.8 Å². The Morgan fingerprint density at radius 2 is 2.25 bits per heavy atom. The Hall–Kier alpha value is -0.830. The molecule has 90 valence electrons. The molecule has 1 atom stereocenters. The molecule has 1 saturated carbocycles. The molecular formula is C13H23N3. The third-order valence-electron chi connectivity index (χ3n) is 3.80. The molecule has 0 radical (unpaired) electrons. The maximum absolute atomic E-state index is 4.45. The Balaban J connectivity index is 1.79. The molecule has 3 nitrogen and oxygen atoms in total. The molecule has 1 fully saturated rings. The number of hydrogen-bond acceptors (Lipinski definition) is 2. The van der Waals surface area contributed by atoms with Gasteiger partial charge in [0.2, 0.25) is 0 Å². The fourth-order valence-electron chi connectivity index (χ4n) is 2.21. The molecule has 1 aliphatic carbocycles. The average molecular weight is 221 g/mol. The van der Waals surface area contributed by atoms with Gasteiger partial charge in [-0.2, -0.15) is 5.10 Å². The molecule has 1 aromatic rings. The first-order valence-electron chi connectivity index (χ1n) is 6.25. The van der Waals surface area contributed by atoms with E-state index in [1.54, 1.807) is 0 Å². The van der Waals surface area contributed by atoms with Gasteiger partial charge in [0, 0.05) is 13.6 Å². The van der Waals surface area contributed by atoms with Crippen LogP contribution in [0.5, 0.6) is 0 Å². The van der Waals surface area contributed by atoms with Crippen LogP contribution in [0.1, 0.15) is 38.6 Å². The molecule has 1 aromatic heterocycles. The maximum atomic E-state index is 4.45. The van der Waals surface area contributed by atoms with Crippen LogP contribution in [0.4, 0.5) is 0 Å². The molecule has 16 heavy (non-hydrogen) atoms. The summed E-state index contributed by atoms with van der Waals surface area (Å²) in [5.74, 6) is 0.867. The van der Waals surface area contributed by atoms with Crippen LogP contribution in [0.25, 0.3) is 0 Å². The average Bonchev–Trinajstić information content (AvgIpc) is 2.67. The first kappa shape index (κ1) is 11.6. The SMILES string of the molecule is CCc1cc(CNCC2CC2(C)C)n(C)n1. The fraction of sp³-hybridized carbons (Fsp3) is 0.769. The Morgan fingerprint density at radius 1 is 1.56 bits per heavy atom. The van der Waals surface area contributed by atoms with E-state index in [1.165, 1.54) is 17.8 Å². The third kappa shape index (κ3) is 2.46. The van der Waals surface area contributed by atoms with E-state index in [0.717, 1.165) is 25.4 Å². The van der Waals surface area contributed by atoms with E-state index in [-0.39, 0.29) is 0 Å². The number of nitrogens with zero attached hydrogens (tertiary/aromatic N) is 2. The van der Waals surface area contributed by atoms with Gasteiger partial charge in [0.05, 0.1) is 11.4 Å².